The Morgan fingerprint density at radius 2 is 0.966 bits per heavy atom. The summed E-state index contributed by atoms with van der Waals surface area (Å²) in [6, 6.07) is 23.9. The number of halogens is 4. The predicted molar refractivity (Wildman–Crippen MR) is 215 cm³/mol. The number of ether oxygens (including phenoxy) is 3. The molecule has 302 valence electrons. The van der Waals surface area contributed by atoms with Crippen LogP contribution in [0.4, 0.5) is 52.2 Å². The fraction of sp³-hybridized carbons (Fsp3) is 0.150. The molecule has 0 aliphatic carbocycles. The van der Waals surface area contributed by atoms with Gasteiger partial charge in [0.1, 0.15) is 28.9 Å². The number of benzene rings is 4. The van der Waals surface area contributed by atoms with E-state index in [1.165, 1.54) is 24.3 Å². The number of aromatic nitrogens is 8. The Morgan fingerprint density at radius 1 is 0.559 bits per heavy atom. The van der Waals surface area contributed by atoms with E-state index in [0.29, 0.717) is 45.6 Å². The largest absolute Gasteiger partial charge is 0.497 e. The van der Waals surface area contributed by atoms with Gasteiger partial charge in [-0.05, 0) is 81.4 Å². The molecule has 0 aliphatic rings. The van der Waals surface area contributed by atoms with Crippen molar-refractivity contribution in [1.82, 2.24) is 39.0 Å². The third-order valence-corrected chi connectivity index (χ3v) is 8.85. The van der Waals surface area contributed by atoms with Gasteiger partial charge in [0.05, 0.1) is 36.3 Å². The molecule has 0 unspecified atom stereocenters. The molecule has 4 aromatic carbocycles. The van der Waals surface area contributed by atoms with Crippen molar-refractivity contribution in [3.8, 4) is 29.1 Å². The topological polar surface area (TPSA) is 191 Å². The normalized spacial score (nSPS) is 11.1. The number of nitrogens with two attached hydrogens (primary N) is 2. The lowest BCUT2D eigenvalue weighted by Gasteiger charge is -2.12. The highest BCUT2D eigenvalue weighted by molar-refractivity contribution is 5.80. The molecule has 8 aromatic rings. The lowest BCUT2D eigenvalue weighted by molar-refractivity contribution is -0.0498. The Kier molecular flexibility index (Phi) is 11.0. The average Bonchev–Trinajstić information content (AvgIpc) is 3.73. The van der Waals surface area contributed by atoms with Crippen LogP contribution in [-0.2, 0) is 0 Å². The van der Waals surface area contributed by atoms with Crippen LogP contribution >= 0.6 is 0 Å². The molecule has 6 N–H and O–H groups in total. The fourth-order valence-electron chi connectivity index (χ4n) is 6.01. The molecule has 0 aliphatic heterocycles. The summed E-state index contributed by atoms with van der Waals surface area (Å²) < 4.78 is 72.0. The molecule has 8 rings (SSSR count). The van der Waals surface area contributed by atoms with E-state index in [4.69, 9.17) is 20.9 Å². The first kappa shape index (κ1) is 39.5. The lowest BCUT2D eigenvalue weighted by atomic mass is 10.2. The molecule has 4 heterocycles. The van der Waals surface area contributed by atoms with Crippen LogP contribution in [0.5, 0.6) is 17.2 Å². The Bertz CT molecular complexity index is 2800. The summed E-state index contributed by atoms with van der Waals surface area (Å²) in [6.45, 7) is 2.62. The SMILES string of the molecule is COc1ccc2nc(C)n(-c3nc(N)c(F)c(Nc4ccc(C)cc4)n3)c2c1.COc1ccc2nc(C)n(-c3nc(N)c(F)c(Nc4ccc(OC(F)F)cc4)n3)c2c1. The molecule has 0 fully saturated rings. The van der Waals surface area contributed by atoms with Gasteiger partial charge in [-0.3, -0.25) is 9.13 Å². The number of anilines is 6. The van der Waals surface area contributed by atoms with Crippen LogP contribution in [0.1, 0.15) is 17.2 Å². The van der Waals surface area contributed by atoms with Crippen molar-refractivity contribution in [2.45, 2.75) is 27.4 Å². The summed E-state index contributed by atoms with van der Waals surface area (Å²) in [7, 11) is 3.13. The van der Waals surface area contributed by atoms with E-state index in [2.05, 4.69) is 45.3 Å². The zero-order valence-corrected chi connectivity index (χ0v) is 32.1. The molecule has 0 amide bonds. The number of nitrogens with zero attached hydrogens (tertiary/aromatic N) is 8. The molecule has 19 heteroatoms. The van der Waals surface area contributed by atoms with Crippen molar-refractivity contribution in [2.24, 2.45) is 0 Å². The van der Waals surface area contributed by atoms with Gasteiger partial charge in [-0.2, -0.15) is 37.5 Å². The molecular weight excluding hydrogens is 773 g/mol. The minimum atomic E-state index is -2.94. The molecule has 0 atom stereocenters. The lowest BCUT2D eigenvalue weighted by Crippen LogP contribution is -2.10. The second kappa shape index (κ2) is 16.4. The van der Waals surface area contributed by atoms with Gasteiger partial charge < -0.3 is 36.3 Å². The minimum absolute atomic E-state index is 0.00417. The molecule has 0 radical (unpaired) electrons. The van der Waals surface area contributed by atoms with Gasteiger partial charge in [0.15, 0.2) is 23.3 Å². The molecule has 4 aromatic heterocycles. The molecule has 0 saturated heterocycles. The number of nitrogen functional groups attached to an aromatic ring is 2. The zero-order valence-electron chi connectivity index (χ0n) is 32.1. The van der Waals surface area contributed by atoms with Crippen molar-refractivity contribution < 1.29 is 31.8 Å². The van der Waals surface area contributed by atoms with Gasteiger partial charge >= 0.3 is 6.61 Å². The zero-order chi connectivity index (χ0) is 42.0. The van der Waals surface area contributed by atoms with Crippen LogP contribution in [0.2, 0.25) is 0 Å². The van der Waals surface area contributed by atoms with Crippen LogP contribution in [0.15, 0.2) is 84.9 Å². The second-order valence-corrected chi connectivity index (χ2v) is 12.9. The number of hydrogen-bond donors (Lipinski definition) is 4. The van der Waals surface area contributed by atoms with Crippen LogP contribution in [0.25, 0.3) is 34.0 Å². The van der Waals surface area contributed by atoms with E-state index in [9.17, 15) is 17.6 Å². The number of aryl methyl sites for hydroxylation is 3. The summed E-state index contributed by atoms with van der Waals surface area (Å²) in [5, 5.41) is 5.75. The smallest absolute Gasteiger partial charge is 0.387 e. The molecule has 59 heavy (non-hydrogen) atoms. The third kappa shape index (κ3) is 8.38. The van der Waals surface area contributed by atoms with Crippen molar-refractivity contribution in [2.75, 3.05) is 36.3 Å². The molecular formula is C40H36F4N12O3. The molecule has 0 bridgehead atoms. The van der Waals surface area contributed by atoms with Crippen LogP contribution in [-0.4, -0.2) is 59.9 Å². The van der Waals surface area contributed by atoms with Gasteiger partial charge in [-0.25, -0.2) is 9.97 Å². The first-order valence-electron chi connectivity index (χ1n) is 17.7. The van der Waals surface area contributed by atoms with Crippen molar-refractivity contribution >= 4 is 56.7 Å². The maximum atomic E-state index is 14.6. The highest BCUT2D eigenvalue weighted by Gasteiger charge is 2.20. The summed E-state index contributed by atoms with van der Waals surface area (Å²) in [4.78, 5) is 25.8. The molecule has 15 nitrogen and oxygen atoms in total. The van der Waals surface area contributed by atoms with Crippen LogP contribution in [0.3, 0.4) is 0 Å². The number of alkyl halides is 2. The van der Waals surface area contributed by atoms with Crippen molar-refractivity contribution in [3.63, 3.8) is 0 Å². The van der Waals surface area contributed by atoms with E-state index in [1.54, 1.807) is 48.5 Å². The van der Waals surface area contributed by atoms with Gasteiger partial charge in [-0.15, -0.1) is 0 Å². The fourth-order valence-corrected chi connectivity index (χ4v) is 6.01. The summed E-state index contributed by atoms with van der Waals surface area (Å²) in [5.74, 6) is 0.426. The third-order valence-electron chi connectivity index (χ3n) is 8.85. The number of imidazole rings is 2. The monoisotopic (exact) mass is 808 g/mol. The Morgan fingerprint density at radius 3 is 1.37 bits per heavy atom. The Hall–Kier alpha value is -7.70. The van der Waals surface area contributed by atoms with Gasteiger partial charge in [0, 0.05) is 23.5 Å². The number of fused-ring (bicyclic) bond motifs is 2. The van der Waals surface area contributed by atoms with E-state index >= 15 is 0 Å². The number of methoxy groups -OCH3 is 2. The summed E-state index contributed by atoms with van der Waals surface area (Å²) in [6.07, 6.45) is 0. The van der Waals surface area contributed by atoms with Gasteiger partial charge in [0.2, 0.25) is 23.5 Å². The summed E-state index contributed by atoms with van der Waals surface area (Å²) in [5.41, 5.74) is 16.6. The van der Waals surface area contributed by atoms with Crippen molar-refractivity contribution in [1.29, 1.82) is 0 Å². The maximum Gasteiger partial charge on any atom is 0.387 e. The highest BCUT2D eigenvalue weighted by atomic mass is 19.3. The van der Waals surface area contributed by atoms with Crippen LogP contribution < -0.4 is 36.3 Å². The number of rotatable bonds is 10. The van der Waals surface area contributed by atoms with E-state index in [1.807, 2.05) is 56.3 Å². The number of hydrogen-bond acceptors (Lipinski definition) is 13. The Balaban J connectivity index is 0.000000180. The van der Waals surface area contributed by atoms with Gasteiger partial charge in [0.25, 0.3) is 0 Å². The maximum absolute atomic E-state index is 14.6. The van der Waals surface area contributed by atoms with Gasteiger partial charge in [-0.1, -0.05) is 17.7 Å². The average molecular weight is 809 g/mol. The Labute approximate surface area is 333 Å². The predicted octanol–water partition coefficient (Wildman–Crippen LogP) is 8.10. The molecule has 0 saturated carbocycles. The standard InChI is InChI=1S/C20H17F3N6O2.C20H19FN6O/c1-10-25-14-8-7-13(30-2)9-15(14)29(10)20-27-17(24)16(21)18(28-20)26-11-3-5-12(6-4-11)31-19(22)23;1-11-4-6-13(7-5-11)24-19-17(21)18(22)25-20(26-19)27-12(2)23-15-9-8-14(28-3)10-16(15)27/h3-9,19H,1-2H3,(H3,24,26,27,28);4-10H,1-3H3,(H3,22,24,25,26). The van der Waals surface area contributed by atoms with Crippen LogP contribution in [0, 0.1) is 32.4 Å². The second-order valence-electron chi connectivity index (χ2n) is 12.9. The molecule has 0 spiro atoms. The van der Waals surface area contributed by atoms with Crippen molar-refractivity contribution in [3.05, 3.63) is 114 Å². The van der Waals surface area contributed by atoms with E-state index in [0.717, 1.165) is 16.6 Å². The first-order valence-corrected chi connectivity index (χ1v) is 17.7. The number of nitrogens with one attached hydrogen (secondary N) is 2. The summed E-state index contributed by atoms with van der Waals surface area (Å²) >= 11 is 0. The quantitative estimate of drug-likeness (QED) is 0.0971. The highest BCUT2D eigenvalue weighted by Crippen LogP contribution is 2.30. The first-order chi connectivity index (χ1) is 28.3. The van der Waals surface area contributed by atoms with E-state index in [-0.39, 0.29) is 40.9 Å². The minimum Gasteiger partial charge on any atom is -0.497 e. The van der Waals surface area contributed by atoms with E-state index < -0.39 is 18.2 Å².